The summed E-state index contributed by atoms with van der Waals surface area (Å²) in [6.45, 7) is 1.95. The molecule has 0 fully saturated rings. The first-order chi connectivity index (χ1) is 10.2. The molecule has 0 radical (unpaired) electrons. The van der Waals surface area contributed by atoms with Crippen LogP contribution in [0.3, 0.4) is 0 Å². The summed E-state index contributed by atoms with van der Waals surface area (Å²) in [4.78, 5) is 11.8. The molecular weight excluding hydrogens is 290 g/mol. The molecule has 6 nitrogen and oxygen atoms in total. The molecule has 0 saturated carbocycles. The zero-order valence-electron chi connectivity index (χ0n) is 12.0. The number of hydrogen-bond donors (Lipinski definition) is 1. The zero-order chi connectivity index (χ0) is 15.1. The molecule has 112 valence electrons. The van der Waals surface area contributed by atoms with Crippen LogP contribution in [0.1, 0.15) is 19.2 Å². The molecule has 1 N–H and O–H groups in total. The molecule has 0 saturated heterocycles. The lowest BCUT2D eigenvalue weighted by molar-refractivity contribution is -0.115. The molecule has 1 amide bonds. The average molecular weight is 307 g/mol. The number of amides is 1. The van der Waals surface area contributed by atoms with Crippen LogP contribution in [0, 0.1) is 0 Å². The zero-order valence-corrected chi connectivity index (χ0v) is 12.8. The van der Waals surface area contributed by atoms with Crippen molar-refractivity contribution >= 4 is 23.4 Å². The van der Waals surface area contributed by atoms with Gasteiger partial charge in [-0.15, -0.1) is 10.2 Å². The summed E-state index contributed by atoms with van der Waals surface area (Å²) in [6, 6.07) is 7.25. The summed E-state index contributed by atoms with van der Waals surface area (Å²) >= 11 is 1.38. The molecule has 1 aromatic carbocycles. The van der Waals surface area contributed by atoms with Crippen molar-refractivity contribution < 1.29 is 13.9 Å². The fourth-order valence-electron chi connectivity index (χ4n) is 1.59. The van der Waals surface area contributed by atoms with E-state index in [9.17, 15) is 4.79 Å². The summed E-state index contributed by atoms with van der Waals surface area (Å²) in [5, 5.41) is 11.1. The molecule has 0 unspecified atom stereocenters. The van der Waals surface area contributed by atoms with Gasteiger partial charge in [0, 0.05) is 30.3 Å². The third kappa shape index (κ3) is 4.78. The highest BCUT2D eigenvalue weighted by Crippen LogP contribution is 2.19. The fraction of sp³-hybridized carbons (Fsp3) is 0.357. The summed E-state index contributed by atoms with van der Waals surface area (Å²) < 4.78 is 10.5. The first-order valence-electron chi connectivity index (χ1n) is 6.60. The van der Waals surface area contributed by atoms with Gasteiger partial charge in [-0.1, -0.05) is 24.8 Å². The van der Waals surface area contributed by atoms with E-state index in [0.717, 1.165) is 5.69 Å². The second-order valence-corrected chi connectivity index (χ2v) is 5.24. The Balaban J connectivity index is 1.76. The van der Waals surface area contributed by atoms with Gasteiger partial charge < -0.3 is 14.5 Å². The number of methoxy groups -OCH3 is 1. The van der Waals surface area contributed by atoms with Crippen LogP contribution in [-0.4, -0.2) is 29.0 Å². The Hall–Kier alpha value is -2.02. The van der Waals surface area contributed by atoms with Crippen LogP contribution in [0.2, 0.25) is 0 Å². The van der Waals surface area contributed by atoms with Crippen LogP contribution in [0.5, 0.6) is 5.75 Å². The third-order valence-corrected chi connectivity index (χ3v) is 3.48. The highest BCUT2D eigenvalue weighted by atomic mass is 32.2. The normalized spacial score (nSPS) is 10.4. The highest BCUT2D eigenvalue weighted by Gasteiger charge is 2.07. The van der Waals surface area contributed by atoms with Crippen LogP contribution in [0.15, 0.2) is 33.9 Å². The first-order valence-corrected chi connectivity index (χ1v) is 7.59. The lowest BCUT2D eigenvalue weighted by Crippen LogP contribution is -2.12. The van der Waals surface area contributed by atoms with Gasteiger partial charge in [-0.05, 0) is 12.1 Å². The molecule has 0 atom stereocenters. The van der Waals surface area contributed by atoms with E-state index in [4.69, 9.17) is 9.15 Å². The monoisotopic (exact) mass is 307 g/mol. The summed E-state index contributed by atoms with van der Waals surface area (Å²) in [7, 11) is 1.59. The number of carbonyl (C=O) groups excluding carboxylic acids is 1. The van der Waals surface area contributed by atoms with Crippen LogP contribution in [0.25, 0.3) is 0 Å². The van der Waals surface area contributed by atoms with Gasteiger partial charge in [0.25, 0.3) is 5.22 Å². The van der Waals surface area contributed by atoms with Crippen molar-refractivity contribution in [1.82, 2.24) is 10.2 Å². The Morgan fingerprint density at radius 2 is 2.29 bits per heavy atom. The molecular formula is C14H17N3O3S. The number of ether oxygens (including phenoxy) is 1. The van der Waals surface area contributed by atoms with E-state index in [1.54, 1.807) is 13.2 Å². The molecule has 1 aromatic heterocycles. The second-order valence-electron chi connectivity index (χ2n) is 4.19. The van der Waals surface area contributed by atoms with E-state index >= 15 is 0 Å². The van der Waals surface area contributed by atoms with Crippen molar-refractivity contribution in [3.63, 3.8) is 0 Å². The predicted octanol–water partition coefficient (Wildman–Crippen LogP) is 2.76. The summed E-state index contributed by atoms with van der Waals surface area (Å²) in [5.41, 5.74) is 0.718. The molecule has 21 heavy (non-hydrogen) atoms. The van der Waals surface area contributed by atoms with Crippen molar-refractivity contribution in [2.24, 2.45) is 0 Å². The molecule has 2 aromatic rings. The van der Waals surface area contributed by atoms with E-state index in [1.165, 1.54) is 11.8 Å². The summed E-state index contributed by atoms with van der Waals surface area (Å²) in [5.74, 6) is 1.84. The smallest absolute Gasteiger partial charge is 0.276 e. The molecule has 0 bridgehead atoms. The van der Waals surface area contributed by atoms with Gasteiger partial charge in [-0.25, -0.2) is 0 Å². The number of aromatic nitrogens is 2. The van der Waals surface area contributed by atoms with E-state index in [1.807, 2.05) is 25.1 Å². The van der Waals surface area contributed by atoms with Crippen LogP contribution in [0.4, 0.5) is 5.69 Å². The lowest BCUT2D eigenvalue weighted by Gasteiger charge is -2.06. The fourth-order valence-corrected chi connectivity index (χ4v) is 2.31. The minimum Gasteiger partial charge on any atom is -0.497 e. The van der Waals surface area contributed by atoms with Gasteiger partial charge >= 0.3 is 0 Å². The minimum absolute atomic E-state index is 0.0639. The van der Waals surface area contributed by atoms with Crippen molar-refractivity contribution in [3.8, 4) is 5.75 Å². The topological polar surface area (TPSA) is 77.2 Å². The van der Waals surface area contributed by atoms with E-state index in [2.05, 4.69) is 15.5 Å². The Bertz CT molecular complexity index is 601. The molecule has 0 aliphatic rings. The number of aryl methyl sites for hydroxylation is 1. The summed E-state index contributed by atoms with van der Waals surface area (Å²) in [6.07, 6.45) is 1.08. The molecule has 1 heterocycles. The lowest BCUT2D eigenvalue weighted by atomic mass is 10.3. The number of thioether (sulfide) groups is 1. The van der Waals surface area contributed by atoms with Crippen LogP contribution in [-0.2, 0) is 11.2 Å². The second kappa shape index (κ2) is 7.68. The van der Waals surface area contributed by atoms with Crippen molar-refractivity contribution in [2.45, 2.75) is 25.0 Å². The Morgan fingerprint density at radius 3 is 3.00 bits per heavy atom. The van der Waals surface area contributed by atoms with E-state index in [0.29, 0.717) is 35.5 Å². The van der Waals surface area contributed by atoms with Gasteiger partial charge in [0.2, 0.25) is 11.8 Å². The number of nitrogens with zero attached hydrogens (tertiary/aromatic N) is 2. The van der Waals surface area contributed by atoms with Crippen molar-refractivity contribution in [3.05, 3.63) is 30.2 Å². The highest BCUT2D eigenvalue weighted by molar-refractivity contribution is 7.99. The number of carbonyl (C=O) groups is 1. The maximum Gasteiger partial charge on any atom is 0.276 e. The van der Waals surface area contributed by atoms with Crippen LogP contribution < -0.4 is 10.1 Å². The minimum atomic E-state index is -0.0639. The number of benzene rings is 1. The van der Waals surface area contributed by atoms with Gasteiger partial charge in [0.05, 0.1) is 7.11 Å². The maximum atomic E-state index is 11.8. The number of rotatable bonds is 7. The van der Waals surface area contributed by atoms with Crippen molar-refractivity contribution in [1.29, 1.82) is 0 Å². The molecule has 0 spiro atoms. The average Bonchev–Trinajstić information content (AvgIpc) is 2.95. The predicted molar refractivity (Wildman–Crippen MR) is 80.6 cm³/mol. The van der Waals surface area contributed by atoms with Gasteiger partial charge in [-0.2, -0.15) is 0 Å². The molecule has 0 aliphatic carbocycles. The Labute approximate surface area is 127 Å². The molecule has 7 heteroatoms. The standard InChI is InChI=1S/C14H17N3O3S/c1-3-13-16-17-14(20-13)21-8-7-12(18)15-10-5-4-6-11(9-10)19-2/h4-6,9H,3,7-8H2,1-2H3,(H,15,18). The van der Waals surface area contributed by atoms with Gasteiger partial charge in [0.15, 0.2) is 0 Å². The maximum absolute atomic E-state index is 11.8. The third-order valence-electron chi connectivity index (χ3n) is 2.66. The molecule has 0 aliphatic heterocycles. The largest absolute Gasteiger partial charge is 0.497 e. The van der Waals surface area contributed by atoms with Gasteiger partial charge in [0.1, 0.15) is 5.75 Å². The first kappa shape index (κ1) is 15.4. The Kier molecular flexibility index (Phi) is 5.62. The number of anilines is 1. The molecule has 2 rings (SSSR count). The van der Waals surface area contributed by atoms with E-state index in [-0.39, 0.29) is 5.91 Å². The van der Waals surface area contributed by atoms with Gasteiger partial charge in [-0.3, -0.25) is 4.79 Å². The quantitative estimate of drug-likeness (QED) is 0.793. The Morgan fingerprint density at radius 1 is 1.43 bits per heavy atom. The number of hydrogen-bond acceptors (Lipinski definition) is 6. The SMILES string of the molecule is CCc1nnc(SCCC(=O)Nc2cccc(OC)c2)o1. The van der Waals surface area contributed by atoms with Crippen LogP contribution >= 0.6 is 11.8 Å². The van der Waals surface area contributed by atoms with E-state index < -0.39 is 0 Å². The van der Waals surface area contributed by atoms with Crippen molar-refractivity contribution in [2.75, 3.05) is 18.2 Å². The number of nitrogens with one attached hydrogen (secondary N) is 1.